The molecule has 0 radical (unpaired) electrons. The quantitative estimate of drug-likeness (QED) is 0.700. The van der Waals surface area contributed by atoms with E-state index in [0.29, 0.717) is 5.41 Å². The van der Waals surface area contributed by atoms with Gasteiger partial charge in [0.25, 0.3) is 0 Å². The van der Waals surface area contributed by atoms with Crippen molar-refractivity contribution in [2.45, 2.75) is 33.1 Å². The molecule has 2 aliphatic heterocycles. The van der Waals surface area contributed by atoms with Crippen LogP contribution in [0.2, 0.25) is 0 Å². The molecule has 3 N–H and O–H groups in total. The van der Waals surface area contributed by atoms with Crippen molar-refractivity contribution in [2.24, 2.45) is 5.41 Å². The van der Waals surface area contributed by atoms with E-state index in [-0.39, 0.29) is 0 Å². The molecule has 0 bridgehead atoms. The summed E-state index contributed by atoms with van der Waals surface area (Å²) in [5, 5.41) is 13.0. The van der Waals surface area contributed by atoms with E-state index in [1.807, 2.05) is 11.8 Å². The maximum absolute atomic E-state index is 3.60. The summed E-state index contributed by atoms with van der Waals surface area (Å²) in [7, 11) is 0. The van der Waals surface area contributed by atoms with Crippen LogP contribution < -0.4 is 16.0 Å². The van der Waals surface area contributed by atoms with Crippen molar-refractivity contribution in [1.82, 2.24) is 20.9 Å². The molecule has 0 spiro atoms. The normalized spacial score (nSPS) is 28.8. The van der Waals surface area contributed by atoms with Crippen LogP contribution in [-0.2, 0) is 0 Å². The Labute approximate surface area is 159 Å². The Morgan fingerprint density at radius 2 is 1.68 bits per heavy atom. The molecule has 2 rings (SSSR count). The van der Waals surface area contributed by atoms with E-state index >= 15 is 0 Å². The molecule has 144 valence electrons. The van der Waals surface area contributed by atoms with Gasteiger partial charge in [0.2, 0.25) is 0 Å². The first-order valence-electron chi connectivity index (χ1n) is 10.0. The van der Waals surface area contributed by atoms with Crippen molar-refractivity contribution in [3.05, 3.63) is 23.1 Å². The summed E-state index contributed by atoms with van der Waals surface area (Å²) < 4.78 is 0. The van der Waals surface area contributed by atoms with Crippen molar-refractivity contribution in [1.29, 1.82) is 0 Å². The van der Waals surface area contributed by atoms with Gasteiger partial charge >= 0.3 is 0 Å². The first kappa shape index (κ1) is 21.0. The first-order valence-corrected chi connectivity index (χ1v) is 11.0. The minimum Gasteiger partial charge on any atom is -0.315 e. The monoisotopic (exact) mass is 366 g/mol. The molecule has 1 fully saturated rings. The van der Waals surface area contributed by atoms with Gasteiger partial charge in [-0.05, 0) is 67.6 Å². The molecule has 4 nitrogen and oxygen atoms in total. The van der Waals surface area contributed by atoms with Gasteiger partial charge in [-0.25, -0.2) is 0 Å². The van der Waals surface area contributed by atoms with E-state index in [1.165, 1.54) is 37.1 Å². The van der Waals surface area contributed by atoms with Crippen LogP contribution in [0.1, 0.15) is 33.1 Å². The average molecular weight is 367 g/mol. The van der Waals surface area contributed by atoms with Gasteiger partial charge in [-0.2, -0.15) is 0 Å². The van der Waals surface area contributed by atoms with Crippen LogP contribution in [0.25, 0.3) is 0 Å². The molecule has 1 saturated heterocycles. The number of thioether (sulfide) groups is 1. The van der Waals surface area contributed by atoms with Gasteiger partial charge in [0.1, 0.15) is 0 Å². The smallest absolute Gasteiger partial charge is 0.0239 e. The van der Waals surface area contributed by atoms with Gasteiger partial charge in [-0.3, -0.25) is 4.90 Å². The Balaban J connectivity index is 1.86. The van der Waals surface area contributed by atoms with Crippen LogP contribution in [0.4, 0.5) is 0 Å². The highest BCUT2D eigenvalue weighted by Gasteiger charge is 2.16. The number of rotatable bonds is 2. The Morgan fingerprint density at radius 3 is 2.48 bits per heavy atom. The standard InChI is InChI=1S/C20H38N4S/c1-20(2)6-5-19(18-25-16-7-20)17-24-14-4-10-22-12-11-21-8-3-9-23-13-15-24/h5-6,18,21-23H,3-4,7-17H2,1-2H3/b6-5-,19-18+. The van der Waals surface area contributed by atoms with Gasteiger partial charge in [0.05, 0.1) is 0 Å². The lowest BCUT2D eigenvalue weighted by atomic mass is 9.89. The van der Waals surface area contributed by atoms with E-state index in [2.05, 4.69) is 52.3 Å². The fraction of sp³-hybridized carbons (Fsp3) is 0.800. The maximum atomic E-state index is 3.60. The molecule has 0 aromatic carbocycles. The summed E-state index contributed by atoms with van der Waals surface area (Å²) in [6.07, 6.45) is 8.46. The maximum Gasteiger partial charge on any atom is 0.0239 e. The van der Waals surface area contributed by atoms with Crippen molar-refractivity contribution in [3.8, 4) is 0 Å². The fourth-order valence-electron chi connectivity index (χ4n) is 3.12. The van der Waals surface area contributed by atoms with E-state index < -0.39 is 0 Å². The van der Waals surface area contributed by atoms with Crippen LogP contribution in [0.15, 0.2) is 23.1 Å². The molecule has 25 heavy (non-hydrogen) atoms. The third-order valence-electron chi connectivity index (χ3n) is 4.87. The molecule has 5 heteroatoms. The summed E-state index contributed by atoms with van der Waals surface area (Å²) in [6.45, 7) is 14.6. The third kappa shape index (κ3) is 9.80. The number of hydrogen-bond donors (Lipinski definition) is 3. The molecule has 0 unspecified atom stereocenters. The van der Waals surface area contributed by atoms with Crippen molar-refractivity contribution >= 4 is 11.8 Å². The lowest BCUT2D eigenvalue weighted by Crippen LogP contribution is -2.37. The summed E-state index contributed by atoms with van der Waals surface area (Å²) in [5.41, 5.74) is 1.79. The number of hydrogen-bond acceptors (Lipinski definition) is 5. The Kier molecular flexibility index (Phi) is 10.2. The molecule has 0 saturated carbocycles. The van der Waals surface area contributed by atoms with Crippen molar-refractivity contribution in [2.75, 3.05) is 64.7 Å². The molecule has 0 aliphatic carbocycles. The number of nitrogens with one attached hydrogen (secondary N) is 3. The predicted molar refractivity (Wildman–Crippen MR) is 112 cm³/mol. The number of allylic oxidation sites excluding steroid dienone is 1. The lowest BCUT2D eigenvalue weighted by molar-refractivity contribution is 0.290. The lowest BCUT2D eigenvalue weighted by Gasteiger charge is -2.26. The van der Waals surface area contributed by atoms with E-state index in [9.17, 15) is 0 Å². The summed E-state index contributed by atoms with van der Waals surface area (Å²) >= 11 is 1.98. The zero-order valence-corrected chi connectivity index (χ0v) is 17.1. The van der Waals surface area contributed by atoms with Gasteiger partial charge < -0.3 is 16.0 Å². The zero-order chi connectivity index (χ0) is 17.8. The minimum atomic E-state index is 0.324. The predicted octanol–water partition coefficient (Wildman–Crippen LogP) is 2.45. The summed E-state index contributed by atoms with van der Waals surface area (Å²) in [6, 6.07) is 0. The molecule has 0 aromatic rings. The SMILES string of the molecule is CC1(C)/C=C\C(CN2CCCNCCNCCCNCC2)=C/SCC1. The third-order valence-corrected chi connectivity index (χ3v) is 5.78. The Bertz CT molecular complexity index is 406. The van der Waals surface area contributed by atoms with Crippen LogP contribution in [0, 0.1) is 5.41 Å². The highest BCUT2D eigenvalue weighted by Crippen LogP contribution is 2.28. The molecule has 2 heterocycles. The summed E-state index contributed by atoms with van der Waals surface area (Å²) in [4.78, 5) is 2.62. The van der Waals surface area contributed by atoms with Crippen LogP contribution >= 0.6 is 11.8 Å². The van der Waals surface area contributed by atoms with Gasteiger partial charge in [0, 0.05) is 32.7 Å². The largest absolute Gasteiger partial charge is 0.315 e. The molecular weight excluding hydrogens is 328 g/mol. The molecular formula is C20H38N4S. The molecule has 0 atom stereocenters. The fourth-order valence-corrected chi connectivity index (χ4v) is 4.25. The second kappa shape index (κ2) is 12.1. The van der Waals surface area contributed by atoms with E-state index in [1.54, 1.807) is 0 Å². The Hall–Kier alpha value is -0.330. The topological polar surface area (TPSA) is 39.3 Å². The summed E-state index contributed by atoms with van der Waals surface area (Å²) in [5.74, 6) is 1.22. The van der Waals surface area contributed by atoms with Crippen LogP contribution in [0.3, 0.4) is 0 Å². The number of nitrogens with zero attached hydrogens (tertiary/aromatic N) is 1. The van der Waals surface area contributed by atoms with Gasteiger partial charge in [-0.15, -0.1) is 11.8 Å². The first-order chi connectivity index (χ1) is 12.2. The highest BCUT2D eigenvalue weighted by atomic mass is 32.2. The highest BCUT2D eigenvalue weighted by molar-refractivity contribution is 8.02. The van der Waals surface area contributed by atoms with Gasteiger partial charge in [0.15, 0.2) is 0 Å². The van der Waals surface area contributed by atoms with Crippen molar-refractivity contribution in [3.63, 3.8) is 0 Å². The minimum absolute atomic E-state index is 0.324. The average Bonchev–Trinajstić information content (AvgIpc) is 2.58. The van der Waals surface area contributed by atoms with Gasteiger partial charge in [-0.1, -0.05) is 26.0 Å². The molecule has 2 aliphatic rings. The molecule has 0 aromatic heterocycles. The Morgan fingerprint density at radius 1 is 0.960 bits per heavy atom. The second-order valence-electron chi connectivity index (χ2n) is 7.87. The van der Waals surface area contributed by atoms with E-state index in [0.717, 1.165) is 52.4 Å². The zero-order valence-electron chi connectivity index (χ0n) is 16.3. The van der Waals surface area contributed by atoms with Crippen molar-refractivity contribution < 1.29 is 0 Å². The van der Waals surface area contributed by atoms with Crippen LogP contribution in [0.5, 0.6) is 0 Å². The van der Waals surface area contributed by atoms with Crippen LogP contribution in [-0.4, -0.2) is 69.6 Å². The van der Waals surface area contributed by atoms with E-state index in [4.69, 9.17) is 0 Å². The second-order valence-corrected chi connectivity index (χ2v) is 8.85. The molecule has 0 amide bonds.